The summed E-state index contributed by atoms with van der Waals surface area (Å²) in [4.78, 5) is 5.45. The van der Waals surface area contributed by atoms with Gasteiger partial charge in [0.2, 0.25) is 0 Å². The zero-order chi connectivity index (χ0) is 11.5. The Balaban J connectivity index is 2.42. The fourth-order valence-corrected chi connectivity index (χ4v) is 2.90. The van der Waals surface area contributed by atoms with Gasteiger partial charge in [0.25, 0.3) is 0 Å². The summed E-state index contributed by atoms with van der Waals surface area (Å²) in [5.41, 5.74) is 2.80. The van der Waals surface area contributed by atoms with Crippen LogP contribution in [0, 0.1) is 25.2 Å². The number of thiazole rings is 1. The molecule has 16 heavy (non-hydrogen) atoms. The van der Waals surface area contributed by atoms with Crippen LogP contribution in [0.15, 0.2) is 16.8 Å². The van der Waals surface area contributed by atoms with Crippen LogP contribution in [0.1, 0.15) is 21.1 Å². The normalized spacial score (nSPS) is 11.4. The maximum Gasteiger partial charge on any atom is 0.134 e. The second-order valence-corrected chi connectivity index (χ2v) is 5.24. The summed E-state index contributed by atoms with van der Waals surface area (Å²) in [7, 11) is 0. The summed E-state index contributed by atoms with van der Waals surface area (Å²) in [5.74, 6) is 0. The smallest absolute Gasteiger partial charge is 0.134 e. The van der Waals surface area contributed by atoms with Gasteiger partial charge in [0.15, 0.2) is 0 Å². The third kappa shape index (κ3) is 2.21. The Labute approximate surface area is 103 Å². The molecule has 0 saturated heterocycles. The molecule has 0 atom stereocenters. The van der Waals surface area contributed by atoms with E-state index in [2.05, 4.69) is 17.1 Å². The van der Waals surface area contributed by atoms with E-state index in [0.29, 0.717) is 5.57 Å². The molecule has 0 saturated carbocycles. The van der Waals surface area contributed by atoms with Gasteiger partial charge in [-0.05, 0) is 36.9 Å². The number of aromatic nitrogens is 1. The van der Waals surface area contributed by atoms with Gasteiger partial charge in [0.05, 0.1) is 5.57 Å². The van der Waals surface area contributed by atoms with Gasteiger partial charge in [0, 0.05) is 16.0 Å². The van der Waals surface area contributed by atoms with E-state index in [0.717, 1.165) is 15.6 Å². The molecular formula is C12H10N2S2. The number of aryl methyl sites for hydroxylation is 2. The molecule has 0 aliphatic carbocycles. The molecule has 0 aromatic carbocycles. The highest BCUT2D eigenvalue weighted by Gasteiger charge is 2.06. The average Bonchev–Trinajstić information content (AvgIpc) is 2.85. The first-order chi connectivity index (χ1) is 7.70. The molecule has 80 valence electrons. The van der Waals surface area contributed by atoms with E-state index in [9.17, 15) is 0 Å². The van der Waals surface area contributed by atoms with Crippen molar-refractivity contribution in [3.63, 3.8) is 0 Å². The highest BCUT2D eigenvalue weighted by atomic mass is 32.1. The van der Waals surface area contributed by atoms with Crippen LogP contribution >= 0.6 is 22.7 Å². The van der Waals surface area contributed by atoms with Crippen molar-refractivity contribution in [1.29, 1.82) is 5.26 Å². The molecule has 0 fully saturated rings. The Morgan fingerprint density at radius 1 is 1.44 bits per heavy atom. The molecule has 4 heteroatoms. The Kier molecular flexibility index (Phi) is 3.18. The summed E-state index contributed by atoms with van der Waals surface area (Å²) >= 11 is 3.16. The number of rotatable bonds is 2. The van der Waals surface area contributed by atoms with E-state index in [1.54, 1.807) is 11.3 Å². The van der Waals surface area contributed by atoms with E-state index in [1.165, 1.54) is 16.9 Å². The maximum absolute atomic E-state index is 9.13. The van der Waals surface area contributed by atoms with Gasteiger partial charge in [-0.1, -0.05) is 0 Å². The minimum Gasteiger partial charge on any atom is -0.241 e. The van der Waals surface area contributed by atoms with Crippen molar-refractivity contribution < 1.29 is 0 Å². The van der Waals surface area contributed by atoms with Gasteiger partial charge in [-0.2, -0.15) is 5.26 Å². The fraction of sp³-hybridized carbons (Fsp3) is 0.167. The van der Waals surface area contributed by atoms with E-state index >= 15 is 0 Å². The second-order valence-electron chi connectivity index (χ2n) is 3.43. The van der Waals surface area contributed by atoms with Crippen molar-refractivity contribution >= 4 is 34.3 Å². The van der Waals surface area contributed by atoms with Crippen molar-refractivity contribution in [3.05, 3.63) is 38.0 Å². The first-order valence-electron chi connectivity index (χ1n) is 4.79. The summed E-state index contributed by atoms with van der Waals surface area (Å²) < 4.78 is 0. The van der Waals surface area contributed by atoms with Gasteiger partial charge in [-0.15, -0.1) is 22.7 Å². The summed E-state index contributed by atoms with van der Waals surface area (Å²) in [5, 5.41) is 13.9. The van der Waals surface area contributed by atoms with Gasteiger partial charge < -0.3 is 0 Å². The Morgan fingerprint density at radius 2 is 2.25 bits per heavy atom. The van der Waals surface area contributed by atoms with Crippen LogP contribution in [0.3, 0.4) is 0 Å². The molecule has 0 N–H and O–H groups in total. The van der Waals surface area contributed by atoms with Crippen molar-refractivity contribution in [2.24, 2.45) is 0 Å². The van der Waals surface area contributed by atoms with Gasteiger partial charge in [-0.3, -0.25) is 0 Å². The molecule has 0 aliphatic rings. The van der Waals surface area contributed by atoms with Crippen LogP contribution in [0.2, 0.25) is 0 Å². The van der Waals surface area contributed by atoms with Crippen LogP contribution in [0.5, 0.6) is 0 Å². The van der Waals surface area contributed by atoms with E-state index in [1.807, 2.05) is 30.7 Å². The highest BCUT2D eigenvalue weighted by Crippen LogP contribution is 2.25. The summed E-state index contributed by atoms with van der Waals surface area (Å²) in [6.07, 6.45) is 1.91. The summed E-state index contributed by atoms with van der Waals surface area (Å²) in [6.45, 7) is 3.98. The molecule has 0 spiro atoms. The molecule has 0 aliphatic heterocycles. The first-order valence-corrected chi connectivity index (χ1v) is 6.55. The molecule has 2 rings (SSSR count). The lowest BCUT2D eigenvalue weighted by Gasteiger charge is -1.93. The molecule has 0 radical (unpaired) electrons. The number of thiophene rings is 1. The average molecular weight is 246 g/mol. The summed E-state index contributed by atoms with van der Waals surface area (Å²) in [6, 6.07) is 4.27. The van der Waals surface area contributed by atoms with Crippen LogP contribution in [-0.2, 0) is 0 Å². The molecular weight excluding hydrogens is 236 g/mol. The number of allylic oxidation sites excluding steroid dienone is 1. The zero-order valence-electron chi connectivity index (χ0n) is 9.02. The number of hydrogen-bond acceptors (Lipinski definition) is 4. The van der Waals surface area contributed by atoms with Crippen molar-refractivity contribution in [2.45, 2.75) is 13.8 Å². The minimum absolute atomic E-state index is 0.642. The maximum atomic E-state index is 9.13. The van der Waals surface area contributed by atoms with Crippen LogP contribution in [-0.4, -0.2) is 4.98 Å². The topological polar surface area (TPSA) is 36.7 Å². The molecule has 0 amide bonds. The highest BCUT2D eigenvalue weighted by molar-refractivity contribution is 7.12. The van der Waals surface area contributed by atoms with Gasteiger partial charge in [0.1, 0.15) is 11.1 Å². The Morgan fingerprint density at radius 3 is 2.75 bits per heavy atom. The van der Waals surface area contributed by atoms with Crippen molar-refractivity contribution in [1.82, 2.24) is 4.98 Å². The zero-order valence-corrected chi connectivity index (χ0v) is 10.7. The predicted molar refractivity (Wildman–Crippen MR) is 69.4 cm³/mol. The lowest BCUT2D eigenvalue weighted by Crippen LogP contribution is -1.80. The fourth-order valence-electron chi connectivity index (χ4n) is 1.28. The largest absolute Gasteiger partial charge is 0.241 e. The second kappa shape index (κ2) is 4.60. The minimum atomic E-state index is 0.642. The Bertz CT molecular complexity index is 570. The van der Waals surface area contributed by atoms with Gasteiger partial charge >= 0.3 is 0 Å². The Hall–Kier alpha value is -1.44. The molecule has 2 aromatic heterocycles. The first kappa shape index (κ1) is 11.1. The lowest BCUT2D eigenvalue weighted by molar-refractivity contribution is 1.25. The van der Waals surface area contributed by atoms with Crippen molar-refractivity contribution in [3.8, 4) is 6.07 Å². The number of hydrogen-bond donors (Lipinski definition) is 0. The van der Waals surface area contributed by atoms with E-state index < -0.39 is 0 Å². The third-order valence-corrected chi connectivity index (χ3v) is 4.11. The van der Waals surface area contributed by atoms with Crippen LogP contribution in [0.4, 0.5) is 0 Å². The molecule has 0 unspecified atom stereocenters. The third-order valence-electron chi connectivity index (χ3n) is 2.15. The van der Waals surface area contributed by atoms with Gasteiger partial charge in [-0.25, -0.2) is 4.98 Å². The monoisotopic (exact) mass is 246 g/mol. The predicted octanol–water partition coefficient (Wildman–Crippen LogP) is 3.89. The number of nitriles is 1. The number of nitrogens with zero attached hydrogens (tertiary/aromatic N) is 2. The molecule has 2 heterocycles. The lowest BCUT2D eigenvalue weighted by atomic mass is 10.2. The van der Waals surface area contributed by atoms with E-state index in [-0.39, 0.29) is 0 Å². The van der Waals surface area contributed by atoms with Crippen molar-refractivity contribution in [2.75, 3.05) is 0 Å². The molecule has 2 aromatic rings. The standard InChI is InChI=1S/C12H10N2S2/c1-8-3-4-15-11(8)5-10(6-13)12-14-9(2)7-16-12/h3-5,7H,1-2H3. The quantitative estimate of drug-likeness (QED) is 0.754. The molecule has 0 bridgehead atoms. The van der Waals surface area contributed by atoms with E-state index in [4.69, 9.17) is 5.26 Å². The molecule has 2 nitrogen and oxygen atoms in total. The van der Waals surface area contributed by atoms with Crippen LogP contribution in [0.25, 0.3) is 11.6 Å². The SMILES string of the molecule is Cc1csc(C(C#N)=Cc2sccc2C)n1. The van der Waals surface area contributed by atoms with Crippen LogP contribution < -0.4 is 0 Å².